The highest BCUT2D eigenvalue weighted by molar-refractivity contribution is 7.91. The van der Waals surface area contributed by atoms with Gasteiger partial charge in [-0.25, -0.2) is 8.42 Å². The molecule has 0 atom stereocenters. The van der Waals surface area contributed by atoms with Crippen LogP contribution in [0.4, 0.5) is 0 Å². The highest BCUT2D eigenvalue weighted by Crippen LogP contribution is 2.29. The Balaban J connectivity index is 2.07. The molecule has 120 valence electrons. The fraction of sp³-hybridized carbons (Fsp3) is 0.733. The molecule has 6 heteroatoms. The first-order valence-electron chi connectivity index (χ1n) is 7.70. The normalized spacial score (nSPS) is 17.8. The highest BCUT2D eigenvalue weighted by atomic mass is 32.2. The van der Waals surface area contributed by atoms with Gasteiger partial charge in [0.15, 0.2) is 0 Å². The van der Waals surface area contributed by atoms with Crippen LogP contribution < -0.4 is 5.32 Å². The minimum absolute atomic E-state index is 0.170. The monoisotopic (exact) mass is 330 g/mol. The van der Waals surface area contributed by atoms with Crippen LogP contribution in [-0.4, -0.2) is 31.9 Å². The first-order chi connectivity index (χ1) is 9.91. The number of nitrogens with one attached hydrogen (secondary N) is 1. The molecule has 2 rings (SSSR count). The topological polar surface area (TPSA) is 49.4 Å². The van der Waals surface area contributed by atoms with Crippen molar-refractivity contribution in [3.05, 3.63) is 17.0 Å². The standard InChI is InChI=1S/C15H26N2O2S2/c1-12(2)16-10-13-9-15(20-11-13)21(18,19)17(3)14-7-5-4-6-8-14/h9,11-12,14,16H,4-8,10H2,1-3H3. The molecule has 1 fully saturated rings. The van der Waals surface area contributed by atoms with E-state index in [4.69, 9.17) is 0 Å². The summed E-state index contributed by atoms with van der Waals surface area (Å²) < 4.78 is 27.5. The molecule has 21 heavy (non-hydrogen) atoms. The molecule has 0 radical (unpaired) electrons. The van der Waals surface area contributed by atoms with Crippen molar-refractivity contribution in [3.8, 4) is 0 Å². The molecule has 0 spiro atoms. The van der Waals surface area contributed by atoms with Gasteiger partial charge in [0, 0.05) is 25.7 Å². The molecule has 1 aromatic heterocycles. The molecule has 0 amide bonds. The van der Waals surface area contributed by atoms with Crippen molar-refractivity contribution in [1.29, 1.82) is 0 Å². The second kappa shape index (κ2) is 7.22. The SMILES string of the molecule is CC(C)NCc1csc(S(=O)(=O)N(C)C2CCCCC2)c1. The van der Waals surface area contributed by atoms with Crippen molar-refractivity contribution >= 4 is 21.4 Å². The highest BCUT2D eigenvalue weighted by Gasteiger charge is 2.30. The minimum atomic E-state index is -3.33. The Labute approximate surface area is 132 Å². The number of sulfonamides is 1. The van der Waals surface area contributed by atoms with Crippen LogP contribution in [0.5, 0.6) is 0 Å². The van der Waals surface area contributed by atoms with Crippen molar-refractivity contribution in [2.24, 2.45) is 0 Å². The maximum absolute atomic E-state index is 12.7. The third-order valence-electron chi connectivity index (χ3n) is 4.07. The average Bonchev–Trinajstić information content (AvgIpc) is 2.95. The van der Waals surface area contributed by atoms with E-state index >= 15 is 0 Å². The minimum Gasteiger partial charge on any atom is -0.310 e. The lowest BCUT2D eigenvalue weighted by Crippen LogP contribution is -2.37. The number of thiophene rings is 1. The van der Waals surface area contributed by atoms with E-state index in [0.717, 1.165) is 37.8 Å². The second-order valence-corrected chi connectivity index (χ2v) is 9.26. The van der Waals surface area contributed by atoms with E-state index in [-0.39, 0.29) is 6.04 Å². The van der Waals surface area contributed by atoms with Crippen LogP contribution in [0.25, 0.3) is 0 Å². The molecule has 1 aliphatic rings. The van der Waals surface area contributed by atoms with Crippen LogP contribution in [0, 0.1) is 0 Å². The molecule has 0 unspecified atom stereocenters. The number of hydrogen-bond acceptors (Lipinski definition) is 4. The molecule has 1 heterocycles. The van der Waals surface area contributed by atoms with Crippen LogP contribution in [-0.2, 0) is 16.6 Å². The predicted molar refractivity (Wildman–Crippen MR) is 88.1 cm³/mol. The van der Waals surface area contributed by atoms with Gasteiger partial charge in [-0.3, -0.25) is 0 Å². The molecule has 1 aromatic rings. The Morgan fingerprint density at radius 1 is 1.33 bits per heavy atom. The molecule has 0 aromatic carbocycles. The molecule has 0 aliphatic heterocycles. The lowest BCUT2D eigenvalue weighted by molar-refractivity contribution is 0.286. The van der Waals surface area contributed by atoms with Crippen molar-refractivity contribution in [3.63, 3.8) is 0 Å². The Morgan fingerprint density at radius 3 is 2.62 bits per heavy atom. The Hall–Kier alpha value is -0.430. The number of hydrogen-bond donors (Lipinski definition) is 1. The molecule has 1 saturated carbocycles. The van der Waals surface area contributed by atoms with Gasteiger partial charge in [0.2, 0.25) is 0 Å². The van der Waals surface area contributed by atoms with Crippen molar-refractivity contribution in [2.75, 3.05) is 7.05 Å². The zero-order valence-corrected chi connectivity index (χ0v) is 14.8. The van der Waals surface area contributed by atoms with Crippen molar-refractivity contribution in [2.45, 2.75) is 68.8 Å². The van der Waals surface area contributed by atoms with Gasteiger partial charge in [0.25, 0.3) is 10.0 Å². The molecule has 1 aliphatic carbocycles. The third kappa shape index (κ3) is 4.28. The Morgan fingerprint density at radius 2 is 2.00 bits per heavy atom. The summed E-state index contributed by atoms with van der Waals surface area (Å²) in [6.07, 6.45) is 5.48. The average molecular weight is 331 g/mol. The van der Waals surface area contributed by atoms with Crippen LogP contribution in [0.3, 0.4) is 0 Å². The summed E-state index contributed by atoms with van der Waals surface area (Å²) in [6.45, 7) is 4.89. The molecular formula is C15H26N2O2S2. The van der Waals surface area contributed by atoms with Crippen LogP contribution >= 0.6 is 11.3 Å². The first kappa shape index (κ1) is 16.9. The zero-order valence-electron chi connectivity index (χ0n) is 13.1. The summed E-state index contributed by atoms with van der Waals surface area (Å²) >= 11 is 1.33. The molecule has 0 saturated heterocycles. The zero-order chi connectivity index (χ0) is 15.5. The quantitative estimate of drug-likeness (QED) is 0.871. The lowest BCUT2D eigenvalue weighted by Gasteiger charge is -2.29. The van der Waals surface area contributed by atoms with Crippen LogP contribution in [0.2, 0.25) is 0 Å². The molecule has 0 bridgehead atoms. The van der Waals surface area contributed by atoms with Gasteiger partial charge >= 0.3 is 0 Å². The van der Waals surface area contributed by atoms with Gasteiger partial charge in [-0.05, 0) is 29.9 Å². The van der Waals surface area contributed by atoms with E-state index in [1.54, 1.807) is 11.4 Å². The predicted octanol–water partition coefficient (Wildman–Crippen LogP) is 3.20. The summed E-state index contributed by atoms with van der Waals surface area (Å²) in [4.78, 5) is 0. The number of rotatable bonds is 6. The molecule has 1 N–H and O–H groups in total. The molecule has 4 nitrogen and oxygen atoms in total. The van der Waals surface area contributed by atoms with Gasteiger partial charge in [0.05, 0.1) is 0 Å². The van der Waals surface area contributed by atoms with E-state index in [1.807, 2.05) is 11.4 Å². The third-order valence-corrected chi connectivity index (χ3v) is 7.44. The van der Waals surface area contributed by atoms with Crippen molar-refractivity contribution in [1.82, 2.24) is 9.62 Å². The van der Waals surface area contributed by atoms with E-state index in [1.165, 1.54) is 17.8 Å². The summed E-state index contributed by atoms with van der Waals surface area (Å²) in [6, 6.07) is 2.38. The summed E-state index contributed by atoms with van der Waals surface area (Å²) in [5, 5.41) is 5.26. The van der Waals surface area contributed by atoms with Gasteiger partial charge in [0.1, 0.15) is 4.21 Å². The fourth-order valence-corrected chi connectivity index (χ4v) is 5.50. The van der Waals surface area contributed by atoms with Gasteiger partial charge in [-0.15, -0.1) is 11.3 Å². The van der Waals surface area contributed by atoms with Gasteiger partial charge in [-0.2, -0.15) is 4.31 Å². The first-order valence-corrected chi connectivity index (χ1v) is 10.0. The van der Waals surface area contributed by atoms with E-state index in [2.05, 4.69) is 19.2 Å². The maximum Gasteiger partial charge on any atom is 0.252 e. The largest absolute Gasteiger partial charge is 0.310 e. The van der Waals surface area contributed by atoms with Crippen LogP contribution in [0.1, 0.15) is 51.5 Å². The van der Waals surface area contributed by atoms with E-state index in [9.17, 15) is 8.42 Å². The summed E-state index contributed by atoms with van der Waals surface area (Å²) in [5.74, 6) is 0. The maximum atomic E-state index is 12.7. The van der Waals surface area contributed by atoms with Gasteiger partial charge in [-0.1, -0.05) is 33.1 Å². The molecular weight excluding hydrogens is 304 g/mol. The lowest BCUT2D eigenvalue weighted by atomic mass is 9.96. The number of nitrogens with zero attached hydrogens (tertiary/aromatic N) is 1. The Bertz CT molecular complexity index is 546. The van der Waals surface area contributed by atoms with Gasteiger partial charge < -0.3 is 5.32 Å². The van der Waals surface area contributed by atoms with E-state index < -0.39 is 10.0 Å². The van der Waals surface area contributed by atoms with Crippen LogP contribution in [0.15, 0.2) is 15.7 Å². The van der Waals surface area contributed by atoms with Crippen molar-refractivity contribution < 1.29 is 8.42 Å². The fourth-order valence-electron chi connectivity index (χ4n) is 2.69. The second-order valence-electron chi connectivity index (χ2n) is 6.12. The summed E-state index contributed by atoms with van der Waals surface area (Å²) in [7, 11) is -1.60. The summed E-state index contributed by atoms with van der Waals surface area (Å²) in [5.41, 5.74) is 1.05. The Kier molecular flexibility index (Phi) is 5.82. The smallest absolute Gasteiger partial charge is 0.252 e. The van der Waals surface area contributed by atoms with E-state index in [0.29, 0.717) is 10.3 Å².